The van der Waals surface area contributed by atoms with Crippen LogP contribution < -0.4 is 5.73 Å². The SMILES string of the molecule is CCC(CC)C(N)c1c(Cl)cnn1C. The van der Waals surface area contributed by atoms with Crippen molar-refractivity contribution in [2.45, 2.75) is 32.7 Å². The van der Waals surface area contributed by atoms with Gasteiger partial charge in [-0.05, 0) is 5.92 Å². The van der Waals surface area contributed by atoms with Gasteiger partial charge in [0.05, 0.1) is 23.0 Å². The van der Waals surface area contributed by atoms with Crippen molar-refractivity contribution in [3.05, 3.63) is 16.9 Å². The fourth-order valence-electron chi connectivity index (χ4n) is 1.81. The smallest absolute Gasteiger partial charge is 0.0834 e. The molecule has 1 atom stereocenters. The van der Waals surface area contributed by atoms with Gasteiger partial charge in [-0.3, -0.25) is 4.68 Å². The van der Waals surface area contributed by atoms with Crippen LogP contribution in [0.4, 0.5) is 0 Å². The first-order valence-corrected chi connectivity index (χ1v) is 5.42. The summed E-state index contributed by atoms with van der Waals surface area (Å²) >= 11 is 6.03. The van der Waals surface area contributed by atoms with Crippen molar-refractivity contribution in [2.24, 2.45) is 18.7 Å². The molecule has 1 aromatic heterocycles. The Morgan fingerprint density at radius 2 is 2.07 bits per heavy atom. The maximum absolute atomic E-state index is 6.16. The summed E-state index contributed by atoms with van der Waals surface area (Å²) in [6.07, 6.45) is 3.79. The molecule has 0 fully saturated rings. The van der Waals surface area contributed by atoms with Crippen LogP contribution in [-0.4, -0.2) is 9.78 Å². The minimum atomic E-state index is -0.00926. The van der Waals surface area contributed by atoms with E-state index in [9.17, 15) is 0 Å². The molecular weight excluding hydrogens is 198 g/mol. The number of aryl methyl sites for hydroxylation is 1. The molecule has 3 nitrogen and oxygen atoms in total. The van der Waals surface area contributed by atoms with Gasteiger partial charge in [0, 0.05) is 7.05 Å². The van der Waals surface area contributed by atoms with E-state index in [0.717, 1.165) is 18.5 Å². The Labute approximate surface area is 90.2 Å². The fraction of sp³-hybridized carbons (Fsp3) is 0.700. The second kappa shape index (κ2) is 4.80. The Bertz CT molecular complexity index is 272. The number of nitrogens with two attached hydrogens (primary N) is 1. The lowest BCUT2D eigenvalue weighted by molar-refractivity contribution is 0.388. The van der Waals surface area contributed by atoms with Gasteiger partial charge in [-0.1, -0.05) is 38.3 Å². The molecule has 0 saturated carbocycles. The monoisotopic (exact) mass is 215 g/mol. The summed E-state index contributed by atoms with van der Waals surface area (Å²) in [4.78, 5) is 0. The highest BCUT2D eigenvalue weighted by atomic mass is 35.5. The molecule has 80 valence electrons. The molecule has 4 heteroatoms. The standard InChI is InChI=1S/C10H18ClN3/c1-4-7(5-2)9(12)10-8(11)6-13-14(10)3/h6-7,9H,4-5,12H2,1-3H3. The maximum Gasteiger partial charge on any atom is 0.0834 e. The molecule has 1 aromatic rings. The normalized spacial score (nSPS) is 13.6. The largest absolute Gasteiger partial charge is 0.322 e. The zero-order valence-corrected chi connectivity index (χ0v) is 9.75. The van der Waals surface area contributed by atoms with E-state index < -0.39 is 0 Å². The fourth-order valence-corrected chi connectivity index (χ4v) is 2.11. The van der Waals surface area contributed by atoms with Crippen LogP contribution in [0, 0.1) is 5.92 Å². The molecule has 0 amide bonds. The van der Waals surface area contributed by atoms with E-state index in [4.69, 9.17) is 17.3 Å². The third kappa shape index (κ3) is 2.10. The van der Waals surface area contributed by atoms with E-state index in [1.54, 1.807) is 10.9 Å². The van der Waals surface area contributed by atoms with Crippen molar-refractivity contribution >= 4 is 11.6 Å². The summed E-state index contributed by atoms with van der Waals surface area (Å²) in [6.45, 7) is 4.30. The highest BCUT2D eigenvalue weighted by Crippen LogP contribution is 2.29. The van der Waals surface area contributed by atoms with Crippen molar-refractivity contribution in [1.82, 2.24) is 9.78 Å². The summed E-state index contributed by atoms with van der Waals surface area (Å²) in [5.74, 6) is 0.475. The Morgan fingerprint density at radius 1 is 1.50 bits per heavy atom. The molecule has 0 radical (unpaired) electrons. The number of nitrogens with zero attached hydrogens (tertiary/aromatic N) is 2. The third-order valence-electron chi connectivity index (χ3n) is 2.81. The van der Waals surface area contributed by atoms with Gasteiger partial charge in [0.25, 0.3) is 0 Å². The van der Waals surface area contributed by atoms with Crippen LogP contribution in [0.2, 0.25) is 5.02 Å². The molecule has 14 heavy (non-hydrogen) atoms. The van der Waals surface area contributed by atoms with Gasteiger partial charge >= 0.3 is 0 Å². The molecular formula is C10H18ClN3. The molecule has 0 bridgehead atoms. The third-order valence-corrected chi connectivity index (χ3v) is 3.10. The van der Waals surface area contributed by atoms with Gasteiger partial charge in [0.1, 0.15) is 0 Å². The molecule has 1 rings (SSSR count). The van der Waals surface area contributed by atoms with Gasteiger partial charge in [0.15, 0.2) is 0 Å². The first-order valence-electron chi connectivity index (χ1n) is 5.04. The lowest BCUT2D eigenvalue weighted by Gasteiger charge is -2.21. The van der Waals surface area contributed by atoms with Gasteiger partial charge in [0.2, 0.25) is 0 Å². The molecule has 0 aliphatic rings. The van der Waals surface area contributed by atoms with E-state index in [0.29, 0.717) is 10.9 Å². The topological polar surface area (TPSA) is 43.8 Å². The molecule has 0 aliphatic heterocycles. The van der Waals surface area contributed by atoms with Crippen molar-refractivity contribution in [3.63, 3.8) is 0 Å². The van der Waals surface area contributed by atoms with Gasteiger partial charge < -0.3 is 5.73 Å². The van der Waals surface area contributed by atoms with E-state index in [2.05, 4.69) is 18.9 Å². The van der Waals surface area contributed by atoms with Crippen LogP contribution in [-0.2, 0) is 7.05 Å². The van der Waals surface area contributed by atoms with Gasteiger partial charge in [-0.25, -0.2) is 0 Å². The van der Waals surface area contributed by atoms with Crippen LogP contribution in [0.1, 0.15) is 38.4 Å². The second-order valence-corrected chi connectivity index (χ2v) is 4.01. The van der Waals surface area contributed by atoms with Crippen LogP contribution in [0.25, 0.3) is 0 Å². The minimum Gasteiger partial charge on any atom is -0.322 e. The van der Waals surface area contributed by atoms with Gasteiger partial charge in [-0.2, -0.15) is 5.10 Å². The van der Waals surface area contributed by atoms with Crippen LogP contribution in [0.5, 0.6) is 0 Å². The van der Waals surface area contributed by atoms with E-state index in [1.165, 1.54) is 0 Å². The predicted molar refractivity (Wildman–Crippen MR) is 59.2 cm³/mol. The Kier molecular flexibility index (Phi) is 3.96. The van der Waals surface area contributed by atoms with E-state index >= 15 is 0 Å². The quantitative estimate of drug-likeness (QED) is 0.839. The van der Waals surface area contributed by atoms with E-state index in [-0.39, 0.29) is 6.04 Å². The first kappa shape index (κ1) is 11.5. The van der Waals surface area contributed by atoms with Crippen molar-refractivity contribution < 1.29 is 0 Å². The van der Waals surface area contributed by atoms with Crippen molar-refractivity contribution in [1.29, 1.82) is 0 Å². The molecule has 0 spiro atoms. The second-order valence-electron chi connectivity index (χ2n) is 3.60. The number of hydrogen-bond donors (Lipinski definition) is 1. The van der Waals surface area contributed by atoms with Crippen LogP contribution >= 0.6 is 11.6 Å². The average molecular weight is 216 g/mol. The van der Waals surface area contributed by atoms with Crippen molar-refractivity contribution in [2.75, 3.05) is 0 Å². The number of halogens is 1. The summed E-state index contributed by atoms with van der Waals surface area (Å²) in [7, 11) is 1.88. The molecule has 0 aliphatic carbocycles. The zero-order chi connectivity index (χ0) is 10.7. The minimum absolute atomic E-state index is 0.00926. The van der Waals surface area contributed by atoms with E-state index in [1.807, 2.05) is 7.05 Å². The molecule has 1 heterocycles. The summed E-state index contributed by atoms with van der Waals surface area (Å²) in [6, 6.07) is -0.00926. The lowest BCUT2D eigenvalue weighted by Crippen LogP contribution is -2.23. The molecule has 1 unspecified atom stereocenters. The summed E-state index contributed by atoms with van der Waals surface area (Å²) in [5, 5.41) is 4.77. The van der Waals surface area contributed by atoms with Crippen LogP contribution in [0.15, 0.2) is 6.20 Å². The predicted octanol–water partition coefficient (Wildman–Crippen LogP) is 2.51. The number of hydrogen-bond acceptors (Lipinski definition) is 2. The first-order chi connectivity index (χ1) is 6.61. The number of rotatable bonds is 4. The highest BCUT2D eigenvalue weighted by molar-refractivity contribution is 6.31. The Morgan fingerprint density at radius 3 is 2.43 bits per heavy atom. The zero-order valence-electron chi connectivity index (χ0n) is 9.00. The van der Waals surface area contributed by atoms with Gasteiger partial charge in [-0.15, -0.1) is 0 Å². The molecule has 2 N–H and O–H groups in total. The number of aromatic nitrogens is 2. The Balaban J connectivity index is 2.92. The summed E-state index contributed by atoms with van der Waals surface area (Å²) in [5.41, 5.74) is 7.11. The molecule has 0 aromatic carbocycles. The lowest BCUT2D eigenvalue weighted by atomic mass is 9.92. The highest BCUT2D eigenvalue weighted by Gasteiger charge is 2.21. The maximum atomic E-state index is 6.16. The Hall–Kier alpha value is -0.540. The molecule has 0 saturated heterocycles. The summed E-state index contributed by atoms with van der Waals surface area (Å²) < 4.78 is 1.77. The van der Waals surface area contributed by atoms with Crippen molar-refractivity contribution in [3.8, 4) is 0 Å². The average Bonchev–Trinajstić information content (AvgIpc) is 2.48. The van der Waals surface area contributed by atoms with Crippen LogP contribution in [0.3, 0.4) is 0 Å².